The minimum Gasteiger partial charge on any atom is -0.326 e. The number of likely N-dealkylation sites (N-methyl/N-ethyl adjacent to an activating group) is 1. The molecule has 1 aliphatic heterocycles. The fourth-order valence-corrected chi connectivity index (χ4v) is 3.48. The maximum atomic E-state index is 6.32. The van der Waals surface area contributed by atoms with Gasteiger partial charge in [-0.3, -0.25) is 4.90 Å². The Hall–Kier alpha value is -0.380. The first-order chi connectivity index (χ1) is 8.13. The van der Waals surface area contributed by atoms with Crippen molar-refractivity contribution >= 4 is 15.9 Å². The Bertz CT molecular complexity index is 392. The van der Waals surface area contributed by atoms with Gasteiger partial charge in [0.05, 0.1) is 6.04 Å². The summed E-state index contributed by atoms with van der Waals surface area (Å²) in [5.74, 6) is 0. The maximum Gasteiger partial charge on any atom is 0.0510 e. The number of nitrogens with zero attached hydrogens (tertiary/aromatic N) is 1. The van der Waals surface area contributed by atoms with Gasteiger partial charge in [-0.05, 0) is 50.0 Å². The topological polar surface area (TPSA) is 29.3 Å². The highest BCUT2D eigenvalue weighted by molar-refractivity contribution is 9.10. The van der Waals surface area contributed by atoms with E-state index in [1.807, 2.05) is 0 Å². The van der Waals surface area contributed by atoms with Crippen molar-refractivity contribution in [3.05, 3.63) is 33.8 Å². The fraction of sp³-hybridized carbons (Fsp3) is 0.571. The molecule has 0 aliphatic carbocycles. The number of halogens is 1. The van der Waals surface area contributed by atoms with Crippen molar-refractivity contribution in [2.24, 2.45) is 5.73 Å². The summed E-state index contributed by atoms with van der Waals surface area (Å²) in [6.07, 6.45) is 2.34. The minimum atomic E-state index is 0.253. The molecule has 0 aromatic heterocycles. The smallest absolute Gasteiger partial charge is 0.0510 e. The van der Waals surface area contributed by atoms with Crippen LogP contribution in [0.3, 0.4) is 0 Å². The highest BCUT2D eigenvalue weighted by atomic mass is 79.9. The van der Waals surface area contributed by atoms with E-state index in [0.29, 0.717) is 6.04 Å². The number of rotatable bonds is 2. The van der Waals surface area contributed by atoms with Crippen molar-refractivity contribution < 1.29 is 0 Å². The molecule has 2 atom stereocenters. The van der Waals surface area contributed by atoms with Crippen molar-refractivity contribution in [2.75, 3.05) is 13.1 Å². The van der Waals surface area contributed by atoms with Gasteiger partial charge in [0.2, 0.25) is 0 Å². The van der Waals surface area contributed by atoms with Crippen molar-refractivity contribution in [2.45, 2.75) is 38.8 Å². The third kappa shape index (κ3) is 2.72. The number of hydrogen-bond acceptors (Lipinski definition) is 2. The van der Waals surface area contributed by atoms with Gasteiger partial charge in [0.1, 0.15) is 0 Å². The molecule has 2 N–H and O–H groups in total. The number of benzene rings is 1. The van der Waals surface area contributed by atoms with E-state index < -0.39 is 0 Å². The quantitative estimate of drug-likeness (QED) is 0.908. The molecule has 0 radical (unpaired) electrons. The van der Waals surface area contributed by atoms with Crippen LogP contribution in [0.5, 0.6) is 0 Å². The standard InChI is InChI=1S/C14H21BrN2/c1-3-17-8-4-5-13(16)14(17)11-7-6-10(2)9-12(11)15/h6-7,9,13-14H,3-5,8,16H2,1-2H3. The monoisotopic (exact) mass is 296 g/mol. The van der Waals surface area contributed by atoms with Crippen LogP contribution in [0.2, 0.25) is 0 Å². The zero-order chi connectivity index (χ0) is 12.4. The van der Waals surface area contributed by atoms with E-state index >= 15 is 0 Å². The lowest BCUT2D eigenvalue weighted by atomic mass is 9.90. The molecule has 1 aliphatic rings. The first-order valence-corrected chi connectivity index (χ1v) is 7.18. The third-order valence-electron chi connectivity index (χ3n) is 3.66. The fourth-order valence-electron chi connectivity index (χ4n) is 2.75. The number of aryl methyl sites for hydroxylation is 1. The summed E-state index contributed by atoms with van der Waals surface area (Å²) >= 11 is 3.68. The summed E-state index contributed by atoms with van der Waals surface area (Å²) in [7, 11) is 0. The molecule has 2 rings (SSSR count). The van der Waals surface area contributed by atoms with Gasteiger partial charge in [-0.2, -0.15) is 0 Å². The predicted octanol–water partition coefficient (Wildman–Crippen LogP) is 3.24. The maximum absolute atomic E-state index is 6.32. The highest BCUT2D eigenvalue weighted by Gasteiger charge is 2.30. The van der Waals surface area contributed by atoms with E-state index in [2.05, 4.69) is 52.9 Å². The average molecular weight is 297 g/mol. The van der Waals surface area contributed by atoms with Crippen LogP contribution in [0, 0.1) is 6.92 Å². The Labute approximate surface area is 112 Å². The van der Waals surface area contributed by atoms with E-state index in [4.69, 9.17) is 5.73 Å². The normalized spacial score (nSPS) is 26.1. The molecule has 0 bridgehead atoms. The van der Waals surface area contributed by atoms with Crippen LogP contribution in [0.1, 0.15) is 36.9 Å². The second-order valence-corrected chi connectivity index (χ2v) is 5.76. The minimum absolute atomic E-state index is 0.253. The van der Waals surface area contributed by atoms with Crippen LogP contribution in [0.4, 0.5) is 0 Å². The zero-order valence-electron chi connectivity index (χ0n) is 10.6. The first-order valence-electron chi connectivity index (χ1n) is 6.39. The summed E-state index contributed by atoms with van der Waals surface area (Å²) in [6, 6.07) is 7.20. The third-order valence-corrected chi connectivity index (χ3v) is 4.35. The van der Waals surface area contributed by atoms with Gasteiger partial charge in [0.25, 0.3) is 0 Å². The van der Waals surface area contributed by atoms with Crippen molar-refractivity contribution in [3.63, 3.8) is 0 Å². The van der Waals surface area contributed by atoms with E-state index in [-0.39, 0.29) is 6.04 Å². The Morgan fingerprint density at radius 2 is 2.24 bits per heavy atom. The highest BCUT2D eigenvalue weighted by Crippen LogP contribution is 2.34. The van der Waals surface area contributed by atoms with Crippen LogP contribution in [0.15, 0.2) is 22.7 Å². The molecule has 0 spiro atoms. The molecule has 3 heteroatoms. The molecule has 0 saturated carbocycles. The average Bonchev–Trinajstić information content (AvgIpc) is 2.30. The lowest BCUT2D eigenvalue weighted by Crippen LogP contribution is -2.45. The molecule has 17 heavy (non-hydrogen) atoms. The molecule has 1 aromatic carbocycles. The van der Waals surface area contributed by atoms with E-state index in [0.717, 1.165) is 19.5 Å². The van der Waals surface area contributed by atoms with Crippen LogP contribution < -0.4 is 5.73 Å². The molecule has 94 valence electrons. The van der Waals surface area contributed by atoms with Crippen molar-refractivity contribution in [3.8, 4) is 0 Å². The second kappa shape index (κ2) is 5.51. The summed E-state index contributed by atoms with van der Waals surface area (Å²) in [6.45, 7) is 6.56. The molecule has 2 unspecified atom stereocenters. The molecular formula is C14H21BrN2. The van der Waals surface area contributed by atoms with Crippen molar-refractivity contribution in [1.29, 1.82) is 0 Å². The van der Waals surface area contributed by atoms with Gasteiger partial charge in [-0.15, -0.1) is 0 Å². The molecule has 1 saturated heterocycles. The SMILES string of the molecule is CCN1CCCC(N)C1c1ccc(C)cc1Br. The van der Waals surface area contributed by atoms with E-state index in [1.54, 1.807) is 0 Å². The summed E-state index contributed by atoms with van der Waals surface area (Å²) in [4.78, 5) is 2.49. The van der Waals surface area contributed by atoms with Gasteiger partial charge in [-0.1, -0.05) is 35.0 Å². The largest absolute Gasteiger partial charge is 0.326 e. The lowest BCUT2D eigenvalue weighted by molar-refractivity contribution is 0.135. The Balaban J connectivity index is 2.34. The molecular weight excluding hydrogens is 276 g/mol. The van der Waals surface area contributed by atoms with Crippen LogP contribution in [-0.2, 0) is 0 Å². The molecule has 1 fully saturated rings. The number of hydrogen-bond donors (Lipinski definition) is 1. The Kier molecular flexibility index (Phi) is 4.23. The molecule has 0 amide bonds. The molecule has 1 aromatic rings. The van der Waals surface area contributed by atoms with Crippen LogP contribution >= 0.6 is 15.9 Å². The Morgan fingerprint density at radius 3 is 2.88 bits per heavy atom. The first kappa shape index (κ1) is 13.1. The van der Waals surface area contributed by atoms with Gasteiger partial charge in [-0.25, -0.2) is 0 Å². The van der Waals surface area contributed by atoms with Crippen LogP contribution in [0.25, 0.3) is 0 Å². The predicted molar refractivity (Wildman–Crippen MR) is 76.1 cm³/mol. The van der Waals surface area contributed by atoms with Gasteiger partial charge < -0.3 is 5.73 Å². The lowest BCUT2D eigenvalue weighted by Gasteiger charge is -2.40. The summed E-state index contributed by atoms with van der Waals surface area (Å²) in [5, 5.41) is 0. The molecule has 2 nitrogen and oxygen atoms in total. The number of likely N-dealkylation sites (tertiary alicyclic amines) is 1. The summed E-state index contributed by atoms with van der Waals surface area (Å²) < 4.78 is 1.19. The van der Waals surface area contributed by atoms with E-state index in [9.17, 15) is 0 Å². The van der Waals surface area contributed by atoms with Gasteiger partial charge >= 0.3 is 0 Å². The second-order valence-electron chi connectivity index (χ2n) is 4.90. The van der Waals surface area contributed by atoms with Gasteiger partial charge in [0, 0.05) is 10.5 Å². The number of piperidine rings is 1. The molecule has 1 heterocycles. The summed E-state index contributed by atoms with van der Waals surface area (Å²) in [5.41, 5.74) is 8.94. The van der Waals surface area contributed by atoms with Crippen LogP contribution in [-0.4, -0.2) is 24.0 Å². The number of nitrogens with two attached hydrogens (primary N) is 1. The van der Waals surface area contributed by atoms with Gasteiger partial charge in [0.15, 0.2) is 0 Å². The van der Waals surface area contributed by atoms with Crippen molar-refractivity contribution in [1.82, 2.24) is 4.90 Å². The van der Waals surface area contributed by atoms with E-state index in [1.165, 1.54) is 22.0 Å². The zero-order valence-corrected chi connectivity index (χ0v) is 12.2. The Morgan fingerprint density at radius 1 is 1.47 bits per heavy atom.